The van der Waals surface area contributed by atoms with Gasteiger partial charge in [0.25, 0.3) is 11.4 Å². The van der Waals surface area contributed by atoms with Crippen LogP contribution in [-0.4, -0.2) is 14.8 Å². The fourth-order valence-corrected chi connectivity index (χ4v) is 3.93. The Hall–Kier alpha value is -2.57. The lowest BCUT2D eigenvalue weighted by Gasteiger charge is -1.92. The summed E-state index contributed by atoms with van der Waals surface area (Å²) in [5.41, 5.74) is 1.82. The normalized spacial score (nSPS) is 10.9. The molecule has 0 N–H and O–H groups in total. The molecule has 0 atom stereocenters. The summed E-state index contributed by atoms with van der Waals surface area (Å²) in [5, 5.41) is 22.9. The first kappa shape index (κ1) is 21.7. The van der Waals surface area contributed by atoms with Crippen molar-refractivity contribution < 1.29 is 33.8 Å². The highest BCUT2D eigenvalue weighted by molar-refractivity contribution is 7.69. The van der Waals surface area contributed by atoms with Crippen LogP contribution >= 0.6 is 20.7 Å². The Morgan fingerprint density at radius 3 is 1.71 bits per heavy atom. The van der Waals surface area contributed by atoms with Gasteiger partial charge in [-0.3, -0.25) is 20.2 Å². The third-order valence-electron chi connectivity index (χ3n) is 3.48. The molecule has 142 valence electrons. The van der Waals surface area contributed by atoms with Crippen molar-refractivity contribution in [1.29, 1.82) is 0 Å². The number of aromatic nitrogens is 1. The third kappa shape index (κ3) is 5.97. The second-order valence-corrected chi connectivity index (χ2v) is 7.49. The molecule has 0 aliphatic rings. The van der Waals surface area contributed by atoms with Crippen LogP contribution in [0.25, 0.3) is 24.3 Å². The zero-order chi connectivity index (χ0) is 19.2. The largest absolute Gasteiger partial charge is 1.00 e. The Balaban J connectivity index is 0.00000280. The Bertz CT molecular complexity index is 950. The third-order valence-corrected chi connectivity index (χ3v) is 5.63. The van der Waals surface area contributed by atoms with Crippen LogP contribution in [0.1, 0.15) is 21.1 Å². The number of halogens is 1. The minimum atomic E-state index is -0.431. The van der Waals surface area contributed by atoms with Gasteiger partial charge in [0.15, 0.2) is 15.3 Å². The van der Waals surface area contributed by atoms with Crippen molar-refractivity contribution in [3.05, 3.63) is 89.9 Å². The molecule has 0 spiro atoms. The summed E-state index contributed by atoms with van der Waals surface area (Å²) in [5.74, 6) is 0. The van der Waals surface area contributed by atoms with E-state index in [4.69, 9.17) is 0 Å². The highest BCUT2D eigenvalue weighted by Gasteiger charge is 2.11. The Morgan fingerprint density at radius 2 is 1.25 bits per heavy atom. The first-order valence-electron chi connectivity index (χ1n) is 7.66. The van der Waals surface area contributed by atoms with Gasteiger partial charge in [-0.25, -0.2) is 0 Å². The molecule has 7 nitrogen and oxygen atoms in total. The van der Waals surface area contributed by atoms with Gasteiger partial charge in [-0.05, 0) is 47.5 Å². The predicted molar refractivity (Wildman–Crippen MR) is 108 cm³/mol. The fourth-order valence-electron chi connectivity index (χ4n) is 2.11. The smallest absolute Gasteiger partial charge is 0.341 e. The Morgan fingerprint density at radius 1 is 0.786 bits per heavy atom. The van der Waals surface area contributed by atoms with Crippen LogP contribution < -0.4 is 24.0 Å². The van der Waals surface area contributed by atoms with Crippen LogP contribution in [0.2, 0.25) is 0 Å². The SMILES string of the molecule is O=[N+]([O-])c1ccc(/C=C/c2nc(/C=C/c3ccc([N+](=O)[O-])cc3)[s+]s2)cc1.[I-]. The lowest BCUT2D eigenvalue weighted by molar-refractivity contribution is -0.385. The monoisotopic (exact) mass is 525 g/mol. The van der Waals surface area contributed by atoms with E-state index in [-0.39, 0.29) is 35.4 Å². The molecule has 0 aliphatic carbocycles. The predicted octanol–water partition coefficient (Wildman–Crippen LogP) is 2.65. The summed E-state index contributed by atoms with van der Waals surface area (Å²) < 4.78 is 0. The summed E-state index contributed by atoms with van der Waals surface area (Å²) in [6.45, 7) is 0. The van der Waals surface area contributed by atoms with E-state index in [0.29, 0.717) is 0 Å². The van der Waals surface area contributed by atoms with Crippen molar-refractivity contribution in [3.63, 3.8) is 0 Å². The minimum absolute atomic E-state index is 0. The molecule has 0 bridgehead atoms. The van der Waals surface area contributed by atoms with E-state index in [2.05, 4.69) is 4.98 Å². The molecule has 2 aromatic carbocycles. The van der Waals surface area contributed by atoms with E-state index in [0.717, 1.165) is 21.1 Å². The average Bonchev–Trinajstić information content (AvgIpc) is 3.13. The summed E-state index contributed by atoms with van der Waals surface area (Å²) in [6.07, 6.45) is 7.40. The van der Waals surface area contributed by atoms with E-state index in [1.807, 2.05) is 24.3 Å². The van der Waals surface area contributed by atoms with E-state index >= 15 is 0 Å². The van der Waals surface area contributed by atoms with Crippen LogP contribution in [0.15, 0.2) is 48.5 Å². The summed E-state index contributed by atoms with van der Waals surface area (Å²) in [7, 11) is 3.03. The molecule has 1 aromatic heterocycles. The van der Waals surface area contributed by atoms with Gasteiger partial charge in [0.1, 0.15) is 0 Å². The average molecular weight is 525 g/mol. The van der Waals surface area contributed by atoms with Crippen LogP contribution in [-0.2, 0) is 0 Å². The lowest BCUT2D eigenvalue weighted by Crippen LogP contribution is -3.00. The minimum Gasteiger partial charge on any atom is -1.00 e. The highest BCUT2D eigenvalue weighted by Crippen LogP contribution is 2.23. The van der Waals surface area contributed by atoms with Crippen LogP contribution in [0, 0.1) is 20.2 Å². The second kappa shape index (κ2) is 10.1. The fraction of sp³-hybridized carbons (Fsp3) is 0. The van der Waals surface area contributed by atoms with Gasteiger partial charge in [-0.15, -0.1) is 0 Å². The number of nitrogens with zero attached hydrogens (tertiary/aromatic N) is 3. The maximum Gasteiger partial charge on any atom is 0.341 e. The lowest BCUT2D eigenvalue weighted by atomic mass is 10.2. The molecule has 3 aromatic rings. The van der Waals surface area contributed by atoms with Crippen LogP contribution in [0.5, 0.6) is 0 Å². The van der Waals surface area contributed by atoms with Crippen molar-refractivity contribution in [1.82, 2.24) is 4.98 Å². The maximum absolute atomic E-state index is 10.6. The number of hydrogen-bond donors (Lipinski definition) is 0. The molecular formula is C18H12IN3O4S2. The number of non-ortho nitro benzene ring substituents is 2. The molecule has 0 fully saturated rings. The highest BCUT2D eigenvalue weighted by atomic mass is 127. The first-order chi connectivity index (χ1) is 13.0. The molecule has 1 heterocycles. The van der Waals surface area contributed by atoms with Gasteiger partial charge in [0.05, 0.1) is 9.85 Å². The van der Waals surface area contributed by atoms with Crippen molar-refractivity contribution in [3.8, 4) is 0 Å². The Kier molecular flexibility index (Phi) is 7.84. The second-order valence-electron chi connectivity index (χ2n) is 5.32. The van der Waals surface area contributed by atoms with Gasteiger partial charge in [0, 0.05) is 30.3 Å². The van der Waals surface area contributed by atoms with Crippen LogP contribution in [0.3, 0.4) is 0 Å². The van der Waals surface area contributed by atoms with Gasteiger partial charge in [0.2, 0.25) is 0 Å². The molecule has 10 heteroatoms. The topological polar surface area (TPSA) is 99.2 Å². The van der Waals surface area contributed by atoms with Crippen molar-refractivity contribution in [2.75, 3.05) is 0 Å². The van der Waals surface area contributed by atoms with E-state index in [1.54, 1.807) is 24.3 Å². The number of nitro benzene ring substituents is 2. The quantitative estimate of drug-likeness (QED) is 0.162. The summed E-state index contributed by atoms with van der Waals surface area (Å²) in [4.78, 5) is 24.9. The van der Waals surface area contributed by atoms with E-state index < -0.39 is 9.85 Å². The molecule has 28 heavy (non-hydrogen) atoms. The van der Waals surface area contributed by atoms with E-state index in [1.165, 1.54) is 44.9 Å². The summed E-state index contributed by atoms with van der Waals surface area (Å²) >= 11 is 0. The number of rotatable bonds is 6. The molecular weight excluding hydrogens is 513 g/mol. The zero-order valence-electron chi connectivity index (χ0n) is 14.1. The first-order valence-corrected chi connectivity index (χ1v) is 9.81. The molecule has 0 aliphatic heterocycles. The van der Waals surface area contributed by atoms with Gasteiger partial charge in [-0.2, -0.15) is 4.98 Å². The van der Waals surface area contributed by atoms with E-state index in [9.17, 15) is 20.2 Å². The molecule has 0 saturated heterocycles. The maximum atomic E-state index is 10.6. The molecule has 0 unspecified atom stereocenters. The van der Waals surface area contributed by atoms with Crippen LogP contribution in [0.4, 0.5) is 11.4 Å². The summed E-state index contributed by atoms with van der Waals surface area (Å²) in [6, 6.07) is 12.6. The standard InChI is InChI=1S/C18H12N3O4S2.HI/c22-20(23)15-7-1-13(2-8-15)5-11-17-19-18(27-26-17)12-6-14-3-9-16(10-4-14)21(24)25;/h1-12H;1H/q+1;/p-1/b11-5+,12-6+;. The number of hydrogen-bond acceptors (Lipinski definition) is 6. The van der Waals surface area contributed by atoms with Crippen molar-refractivity contribution >= 4 is 56.4 Å². The van der Waals surface area contributed by atoms with Gasteiger partial charge >= 0.3 is 15.3 Å². The van der Waals surface area contributed by atoms with Gasteiger partial charge in [-0.1, -0.05) is 6.08 Å². The molecule has 3 rings (SSSR count). The Labute approximate surface area is 184 Å². The number of benzene rings is 2. The molecule has 0 radical (unpaired) electrons. The van der Waals surface area contributed by atoms with Crippen molar-refractivity contribution in [2.45, 2.75) is 0 Å². The molecule has 0 amide bonds. The zero-order valence-corrected chi connectivity index (χ0v) is 17.9. The molecule has 0 saturated carbocycles. The number of nitro groups is 2. The van der Waals surface area contributed by atoms with Crippen molar-refractivity contribution in [2.24, 2.45) is 0 Å². The van der Waals surface area contributed by atoms with Gasteiger partial charge < -0.3 is 24.0 Å².